The molecule has 1 aliphatic heterocycles. The van der Waals surface area contributed by atoms with Gasteiger partial charge in [-0.2, -0.15) is 0 Å². The van der Waals surface area contributed by atoms with Crippen molar-refractivity contribution >= 4 is 26.7 Å². The number of hydrogen-bond donors (Lipinski definition) is 4. The Kier molecular flexibility index (Phi) is 7.59. The molecule has 0 bridgehead atoms. The normalized spacial score (nSPS) is 28.2. The van der Waals surface area contributed by atoms with Gasteiger partial charge in [-0.15, -0.1) is 0 Å². The van der Waals surface area contributed by atoms with E-state index in [0.29, 0.717) is 5.56 Å². The van der Waals surface area contributed by atoms with Gasteiger partial charge >= 0.3 is 0 Å². The minimum Gasteiger partial charge on any atom is -0.493 e. The molecule has 1 saturated heterocycles. The first kappa shape index (κ1) is 21.6. The van der Waals surface area contributed by atoms with Crippen LogP contribution in [0.25, 0.3) is 6.08 Å². The van der Waals surface area contributed by atoms with E-state index in [-0.39, 0.29) is 21.9 Å². The first-order valence-electron chi connectivity index (χ1n) is 7.93. The predicted molar refractivity (Wildman–Crippen MR) is 96.9 cm³/mol. The standard InChI is InChI=1S/C17H21BrO9/c1-24-9-5-8(3-4-12(18)20)6-10(25-2)16(9)27-17-15(23)14(22)13(21)11(7-19)26-17/h3-6,11,13-15,17,19,21-23H,7H2,1-2H3/b4-3+/t11-,13-,14+,15-,17+/m1/s1. The Balaban J connectivity index is 2.35. The van der Waals surface area contributed by atoms with Crippen molar-refractivity contribution in [3.8, 4) is 17.2 Å². The zero-order valence-electron chi connectivity index (χ0n) is 14.6. The van der Waals surface area contributed by atoms with Gasteiger partial charge in [0.05, 0.1) is 20.8 Å². The maximum absolute atomic E-state index is 11.0. The summed E-state index contributed by atoms with van der Waals surface area (Å²) in [7, 11) is 2.77. The van der Waals surface area contributed by atoms with Gasteiger partial charge in [0.1, 0.15) is 24.4 Å². The number of halogens is 1. The van der Waals surface area contributed by atoms with Crippen LogP contribution in [0.3, 0.4) is 0 Å². The molecule has 0 amide bonds. The van der Waals surface area contributed by atoms with E-state index in [9.17, 15) is 25.2 Å². The van der Waals surface area contributed by atoms with Crippen LogP contribution < -0.4 is 14.2 Å². The molecule has 27 heavy (non-hydrogen) atoms. The lowest BCUT2D eigenvalue weighted by molar-refractivity contribution is -0.277. The molecule has 0 spiro atoms. The summed E-state index contributed by atoms with van der Waals surface area (Å²) in [5, 5.41) is 39.1. The summed E-state index contributed by atoms with van der Waals surface area (Å²) in [6.07, 6.45) is -4.34. The van der Waals surface area contributed by atoms with Gasteiger partial charge in [-0.1, -0.05) is 6.08 Å². The molecule has 1 aromatic carbocycles. The van der Waals surface area contributed by atoms with Gasteiger partial charge in [-0.25, -0.2) is 0 Å². The average molecular weight is 449 g/mol. The van der Waals surface area contributed by atoms with Gasteiger partial charge in [-0.3, -0.25) is 4.79 Å². The van der Waals surface area contributed by atoms with Crippen LogP contribution in [0.15, 0.2) is 18.2 Å². The van der Waals surface area contributed by atoms with Crippen molar-refractivity contribution in [3.05, 3.63) is 23.8 Å². The number of carbonyl (C=O) groups excluding carboxylic acids is 1. The van der Waals surface area contributed by atoms with Crippen LogP contribution in [0.5, 0.6) is 17.2 Å². The summed E-state index contributed by atoms with van der Waals surface area (Å²) in [5.74, 6) is 0.507. The Morgan fingerprint density at radius 2 is 1.74 bits per heavy atom. The summed E-state index contributed by atoms with van der Waals surface area (Å²) in [6, 6.07) is 3.13. The van der Waals surface area contributed by atoms with Crippen LogP contribution in [-0.4, -0.2) is 76.7 Å². The van der Waals surface area contributed by atoms with Crippen molar-refractivity contribution in [1.82, 2.24) is 0 Å². The number of aliphatic hydroxyl groups is 4. The molecular weight excluding hydrogens is 428 g/mol. The number of carbonyl (C=O) groups is 1. The highest BCUT2D eigenvalue weighted by Crippen LogP contribution is 2.40. The van der Waals surface area contributed by atoms with Crippen LogP contribution in [0.1, 0.15) is 5.56 Å². The number of ether oxygens (including phenoxy) is 4. The lowest BCUT2D eigenvalue weighted by Crippen LogP contribution is -2.60. The molecule has 9 nitrogen and oxygen atoms in total. The fraction of sp³-hybridized carbons (Fsp3) is 0.471. The highest BCUT2D eigenvalue weighted by atomic mass is 79.9. The first-order valence-corrected chi connectivity index (χ1v) is 8.72. The SMILES string of the molecule is COc1cc(/C=C/C(=O)Br)cc(OC)c1O[C@@H]1O[C@H](CO)[C@@H](O)[C@H](O)[C@H]1O. The van der Waals surface area contributed by atoms with Crippen molar-refractivity contribution in [2.75, 3.05) is 20.8 Å². The summed E-state index contributed by atoms with van der Waals surface area (Å²) in [5.41, 5.74) is 0.581. The molecule has 2 rings (SSSR count). The molecule has 5 atom stereocenters. The topological polar surface area (TPSA) is 135 Å². The number of aliphatic hydroxyl groups excluding tert-OH is 4. The average Bonchev–Trinajstić information content (AvgIpc) is 2.66. The summed E-state index contributed by atoms with van der Waals surface area (Å²) < 4.78 is 21.2. The number of methoxy groups -OCH3 is 2. The van der Waals surface area contributed by atoms with Crippen molar-refractivity contribution in [2.24, 2.45) is 0 Å². The molecule has 1 heterocycles. The van der Waals surface area contributed by atoms with Crippen LogP contribution >= 0.6 is 15.9 Å². The molecule has 0 aromatic heterocycles. The van der Waals surface area contributed by atoms with Gasteiger partial charge in [0, 0.05) is 0 Å². The lowest BCUT2D eigenvalue weighted by atomic mass is 9.99. The maximum atomic E-state index is 11.0. The van der Waals surface area contributed by atoms with Crippen LogP contribution in [0.2, 0.25) is 0 Å². The smallest absolute Gasteiger partial charge is 0.229 e. The van der Waals surface area contributed by atoms with Crippen molar-refractivity contribution in [1.29, 1.82) is 0 Å². The molecule has 1 fully saturated rings. The van der Waals surface area contributed by atoms with Crippen LogP contribution in [-0.2, 0) is 9.53 Å². The Bertz CT molecular complexity index is 666. The molecule has 0 saturated carbocycles. The second-order valence-corrected chi connectivity index (χ2v) is 6.49. The number of rotatable bonds is 7. The fourth-order valence-electron chi connectivity index (χ4n) is 2.56. The Hall–Kier alpha value is -1.69. The molecular formula is C17H21BrO9. The van der Waals surface area contributed by atoms with Crippen molar-refractivity contribution < 1.29 is 44.2 Å². The maximum Gasteiger partial charge on any atom is 0.229 e. The minimum absolute atomic E-state index is 0.0756. The van der Waals surface area contributed by atoms with E-state index in [1.807, 2.05) is 0 Å². The number of allylic oxidation sites excluding steroid dienone is 1. The summed E-state index contributed by atoms with van der Waals surface area (Å²) in [6.45, 7) is -0.580. The second kappa shape index (κ2) is 9.49. The molecule has 0 unspecified atom stereocenters. The minimum atomic E-state index is -1.58. The Labute approximate surface area is 163 Å². The Morgan fingerprint density at radius 1 is 1.15 bits per heavy atom. The highest BCUT2D eigenvalue weighted by molar-refractivity contribution is 9.18. The van der Waals surface area contributed by atoms with Crippen LogP contribution in [0, 0.1) is 0 Å². The van der Waals surface area contributed by atoms with E-state index in [4.69, 9.17) is 18.9 Å². The molecule has 1 aliphatic rings. The van der Waals surface area contributed by atoms with Gasteiger partial charge in [0.25, 0.3) is 0 Å². The molecule has 4 N–H and O–H groups in total. The number of hydrogen-bond acceptors (Lipinski definition) is 9. The predicted octanol–water partition coefficient (Wildman–Crippen LogP) is -0.183. The molecule has 150 valence electrons. The van der Waals surface area contributed by atoms with Crippen molar-refractivity contribution in [3.63, 3.8) is 0 Å². The zero-order chi connectivity index (χ0) is 20.1. The van der Waals surface area contributed by atoms with E-state index in [2.05, 4.69) is 15.9 Å². The third-order valence-electron chi connectivity index (χ3n) is 3.97. The second-order valence-electron chi connectivity index (χ2n) is 5.71. The molecule has 0 aliphatic carbocycles. The third-order valence-corrected chi connectivity index (χ3v) is 4.24. The number of benzene rings is 1. The van der Waals surface area contributed by atoms with E-state index in [0.717, 1.165) is 0 Å². The third kappa shape index (κ3) is 4.98. The van der Waals surface area contributed by atoms with Gasteiger partial charge < -0.3 is 39.4 Å². The largest absolute Gasteiger partial charge is 0.493 e. The first-order chi connectivity index (χ1) is 12.8. The van der Waals surface area contributed by atoms with Gasteiger partial charge in [0.2, 0.25) is 16.7 Å². The molecule has 10 heteroatoms. The summed E-state index contributed by atoms with van der Waals surface area (Å²) >= 11 is 2.79. The fourth-order valence-corrected chi connectivity index (χ4v) is 2.69. The highest BCUT2D eigenvalue weighted by Gasteiger charge is 2.45. The van der Waals surface area contributed by atoms with Gasteiger partial charge in [0.15, 0.2) is 11.5 Å². The van der Waals surface area contributed by atoms with Gasteiger partial charge in [-0.05, 0) is 39.7 Å². The lowest BCUT2D eigenvalue weighted by Gasteiger charge is -2.39. The molecule has 0 radical (unpaired) electrons. The van der Waals surface area contributed by atoms with E-state index in [1.54, 1.807) is 12.1 Å². The zero-order valence-corrected chi connectivity index (χ0v) is 16.2. The monoisotopic (exact) mass is 448 g/mol. The van der Waals surface area contributed by atoms with E-state index >= 15 is 0 Å². The quantitative estimate of drug-likeness (QED) is 0.330. The molecule has 1 aromatic rings. The van der Waals surface area contributed by atoms with E-state index < -0.39 is 37.3 Å². The van der Waals surface area contributed by atoms with Crippen LogP contribution in [0.4, 0.5) is 0 Å². The summed E-state index contributed by atoms with van der Waals surface area (Å²) in [4.78, 5) is 11.0. The Morgan fingerprint density at radius 3 is 2.22 bits per heavy atom. The van der Waals surface area contributed by atoms with Crippen molar-refractivity contribution in [2.45, 2.75) is 30.7 Å². The van der Waals surface area contributed by atoms with E-state index in [1.165, 1.54) is 26.4 Å².